The first kappa shape index (κ1) is 16.5. The molecule has 0 heterocycles. The Morgan fingerprint density at radius 3 is 2.13 bits per heavy atom. The molecule has 0 radical (unpaired) electrons. The van der Waals surface area contributed by atoms with Crippen LogP contribution in [0.2, 0.25) is 0 Å². The average Bonchev–Trinajstić information content (AvgIpc) is 2.51. The van der Waals surface area contributed by atoms with E-state index in [4.69, 9.17) is 0 Å². The highest BCUT2D eigenvalue weighted by Crippen LogP contribution is 2.10. The van der Waals surface area contributed by atoms with Gasteiger partial charge < -0.3 is 15.7 Å². The Morgan fingerprint density at radius 1 is 0.913 bits per heavy atom. The van der Waals surface area contributed by atoms with E-state index in [0.29, 0.717) is 24.2 Å². The molecule has 2 rings (SSSR count). The zero-order chi connectivity index (χ0) is 16.8. The van der Waals surface area contributed by atoms with Crippen LogP contribution in [0.3, 0.4) is 0 Å². The number of hydrogen-bond acceptors (Lipinski definition) is 3. The molecule has 0 fully saturated rings. The van der Waals surface area contributed by atoms with Crippen molar-refractivity contribution in [2.45, 2.75) is 13.8 Å². The summed E-state index contributed by atoms with van der Waals surface area (Å²) in [5.74, 6) is -0.283. The number of amides is 2. The fraction of sp³-hybridized carbons (Fsp3) is 0.222. The summed E-state index contributed by atoms with van der Waals surface area (Å²) in [6.07, 6.45) is 0. The molecule has 0 aliphatic heterocycles. The smallest absolute Gasteiger partial charge is 0.251 e. The molecule has 0 saturated carbocycles. The Balaban J connectivity index is 1.79. The number of carbonyl (C=O) groups excluding carboxylic acids is 2. The van der Waals surface area contributed by atoms with Gasteiger partial charge in [0, 0.05) is 24.2 Å². The largest absolute Gasteiger partial charge is 0.508 e. The molecule has 0 saturated heterocycles. The number of phenolic OH excluding ortho intramolecular Hbond substituents is 1. The zero-order valence-electron chi connectivity index (χ0n) is 13.2. The summed E-state index contributed by atoms with van der Waals surface area (Å²) in [5, 5.41) is 14.7. The van der Waals surface area contributed by atoms with Crippen LogP contribution in [0.4, 0.5) is 0 Å². The average molecular weight is 312 g/mol. The SMILES string of the molecule is Cc1ccc(C(=O)NCCNC(=O)c2ccc(O)cc2)c(C)c1. The topological polar surface area (TPSA) is 78.4 Å². The fourth-order valence-corrected chi connectivity index (χ4v) is 2.23. The lowest BCUT2D eigenvalue weighted by atomic mass is 10.1. The van der Waals surface area contributed by atoms with E-state index < -0.39 is 0 Å². The van der Waals surface area contributed by atoms with Gasteiger partial charge in [0.25, 0.3) is 11.8 Å². The molecule has 120 valence electrons. The molecule has 0 spiro atoms. The molecule has 2 aromatic rings. The van der Waals surface area contributed by atoms with Gasteiger partial charge in [-0.1, -0.05) is 17.7 Å². The third kappa shape index (κ3) is 4.57. The molecule has 0 aliphatic rings. The van der Waals surface area contributed by atoms with Gasteiger partial charge in [0.05, 0.1) is 0 Å². The Labute approximate surface area is 135 Å². The predicted octanol–water partition coefficient (Wildman–Crippen LogP) is 2.17. The maximum atomic E-state index is 12.1. The molecule has 0 unspecified atom stereocenters. The minimum absolute atomic E-state index is 0.113. The van der Waals surface area contributed by atoms with Crippen molar-refractivity contribution < 1.29 is 14.7 Å². The molecule has 23 heavy (non-hydrogen) atoms. The van der Waals surface area contributed by atoms with E-state index in [9.17, 15) is 14.7 Å². The molecule has 0 aliphatic carbocycles. The summed E-state index contributed by atoms with van der Waals surface area (Å²) in [7, 11) is 0. The fourth-order valence-electron chi connectivity index (χ4n) is 2.23. The highest BCUT2D eigenvalue weighted by Gasteiger charge is 2.09. The van der Waals surface area contributed by atoms with Gasteiger partial charge in [0.2, 0.25) is 0 Å². The summed E-state index contributed by atoms with van der Waals surface area (Å²) in [5.41, 5.74) is 3.14. The first-order valence-electron chi connectivity index (χ1n) is 7.40. The number of carbonyl (C=O) groups is 2. The predicted molar refractivity (Wildman–Crippen MR) is 88.7 cm³/mol. The van der Waals surface area contributed by atoms with Gasteiger partial charge in [-0.25, -0.2) is 0 Å². The van der Waals surface area contributed by atoms with Gasteiger partial charge in [-0.3, -0.25) is 9.59 Å². The van der Waals surface area contributed by atoms with Gasteiger partial charge in [0.15, 0.2) is 0 Å². The Hall–Kier alpha value is -2.82. The lowest BCUT2D eigenvalue weighted by Gasteiger charge is -2.09. The van der Waals surface area contributed by atoms with Crippen molar-refractivity contribution in [3.63, 3.8) is 0 Å². The molecule has 2 amide bonds. The minimum atomic E-state index is -0.245. The van der Waals surface area contributed by atoms with E-state index in [-0.39, 0.29) is 17.6 Å². The van der Waals surface area contributed by atoms with Crippen molar-refractivity contribution in [1.29, 1.82) is 0 Å². The molecule has 0 bridgehead atoms. The maximum absolute atomic E-state index is 12.1. The molecule has 0 aromatic heterocycles. The normalized spacial score (nSPS) is 10.2. The van der Waals surface area contributed by atoms with E-state index in [1.807, 2.05) is 26.0 Å². The number of hydrogen-bond donors (Lipinski definition) is 3. The van der Waals surface area contributed by atoms with Gasteiger partial charge in [-0.2, -0.15) is 0 Å². The summed E-state index contributed by atoms with van der Waals surface area (Å²) in [6, 6.07) is 11.6. The van der Waals surface area contributed by atoms with Crippen LogP contribution in [0, 0.1) is 13.8 Å². The molecule has 0 atom stereocenters. The quantitative estimate of drug-likeness (QED) is 0.740. The number of phenols is 1. The Morgan fingerprint density at radius 2 is 1.52 bits per heavy atom. The number of nitrogens with one attached hydrogen (secondary N) is 2. The van der Waals surface area contributed by atoms with Crippen LogP contribution in [0.1, 0.15) is 31.8 Å². The summed E-state index contributed by atoms with van der Waals surface area (Å²) in [4.78, 5) is 23.9. The van der Waals surface area contributed by atoms with Crippen molar-refractivity contribution >= 4 is 11.8 Å². The monoisotopic (exact) mass is 312 g/mol. The number of benzene rings is 2. The van der Waals surface area contributed by atoms with Crippen LogP contribution >= 0.6 is 0 Å². The van der Waals surface area contributed by atoms with Crippen LogP contribution in [0.25, 0.3) is 0 Å². The highest BCUT2D eigenvalue weighted by molar-refractivity contribution is 5.96. The lowest BCUT2D eigenvalue weighted by Crippen LogP contribution is -2.34. The first-order chi connectivity index (χ1) is 11.0. The number of aryl methyl sites for hydroxylation is 2. The summed E-state index contributed by atoms with van der Waals surface area (Å²) >= 11 is 0. The van der Waals surface area contributed by atoms with Gasteiger partial charge in [-0.05, 0) is 49.7 Å². The standard InChI is InChI=1S/C18H20N2O3/c1-12-3-8-16(13(2)11-12)18(23)20-10-9-19-17(22)14-4-6-15(21)7-5-14/h3-8,11,21H,9-10H2,1-2H3,(H,19,22)(H,20,23). The second-order valence-electron chi connectivity index (χ2n) is 5.38. The van der Waals surface area contributed by atoms with E-state index in [1.165, 1.54) is 12.1 Å². The Bertz CT molecular complexity index is 709. The van der Waals surface area contributed by atoms with Crippen LogP contribution in [0.15, 0.2) is 42.5 Å². The number of aromatic hydroxyl groups is 1. The maximum Gasteiger partial charge on any atom is 0.251 e. The third-order valence-electron chi connectivity index (χ3n) is 3.45. The third-order valence-corrected chi connectivity index (χ3v) is 3.45. The summed E-state index contributed by atoms with van der Waals surface area (Å²) < 4.78 is 0. The van der Waals surface area contributed by atoms with Gasteiger partial charge in [-0.15, -0.1) is 0 Å². The number of rotatable bonds is 5. The molecular weight excluding hydrogens is 292 g/mol. The van der Waals surface area contributed by atoms with Crippen LogP contribution < -0.4 is 10.6 Å². The van der Waals surface area contributed by atoms with E-state index in [0.717, 1.165) is 11.1 Å². The van der Waals surface area contributed by atoms with Crippen LogP contribution in [-0.2, 0) is 0 Å². The van der Waals surface area contributed by atoms with Crippen molar-refractivity contribution in [3.05, 3.63) is 64.7 Å². The highest BCUT2D eigenvalue weighted by atomic mass is 16.3. The zero-order valence-corrected chi connectivity index (χ0v) is 13.2. The van der Waals surface area contributed by atoms with Gasteiger partial charge in [0.1, 0.15) is 5.75 Å². The van der Waals surface area contributed by atoms with E-state index in [1.54, 1.807) is 18.2 Å². The molecule has 5 heteroatoms. The minimum Gasteiger partial charge on any atom is -0.508 e. The van der Waals surface area contributed by atoms with Crippen LogP contribution in [0.5, 0.6) is 5.75 Å². The molecule has 2 aromatic carbocycles. The van der Waals surface area contributed by atoms with E-state index in [2.05, 4.69) is 10.6 Å². The molecular formula is C18H20N2O3. The van der Waals surface area contributed by atoms with Crippen molar-refractivity contribution in [1.82, 2.24) is 10.6 Å². The van der Waals surface area contributed by atoms with Crippen molar-refractivity contribution in [2.75, 3.05) is 13.1 Å². The summed E-state index contributed by atoms with van der Waals surface area (Å²) in [6.45, 7) is 4.55. The first-order valence-corrected chi connectivity index (χ1v) is 7.40. The molecule has 5 nitrogen and oxygen atoms in total. The van der Waals surface area contributed by atoms with Crippen LogP contribution in [-0.4, -0.2) is 30.0 Å². The lowest BCUT2D eigenvalue weighted by molar-refractivity contribution is 0.0927. The van der Waals surface area contributed by atoms with Crippen molar-refractivity contribution in [3.8, 4) is 5.75 Å². The van der Waals surface area contributed by atoms with E-state index >= 15 is 0 Å². The second-order valence-corrected chi connectivity index (χ2v) is 5.38. The molecule has 3 N–H and O–H groups in total. The second kappa shape index (κ2) is 7.45. The van der Waals surface area contributed by atoms with Gasteiger partial charge >= 0.3 is 0 Å². The Kier molecular flexibility index (Phi) is 5.36. The van der Waals surface area contributed by atoms with Crippen molar-refractivity contribution in [2.24, 2.45) is 0 Å².